The van der Waals surface area contributed by atoms with Crippen LogP contribution in [0, 0.1) is 0 Å². The van der Waals surface area contributed by atoms with Crippen LogP contribution in [0.2, 0.25) is 0 Å². The maximum Gasteiger partial charge on any atom is 0.161 e. The molecular weight excluding hydrogens is 400 g/mol. The van der Waals surface area contributed by atoms with Crippen LogP contribution in [0.3, 0.4) is 0 Å². The molecule has 8 heteroatoms. The summed E-state index contributed by atoms with van der Waals surface area (Å²) < 4.78 is 28.4. The second-order valence-electron chi connectivity index (χ2n) is 8.22. The highest BCUT2D eigenvalue weighted by Gasteiger charge is 2.27. The average molecular weight is 441 g/mol. The molecule has 1 aromatic carbocycles. The highest BCUT2D eigenvalue weighted by molar-refractivity contribution is 5.67. The lowest BCUT2D eigenvalue weighted by Gasteiger charge is -2.31. The van der Waals surface area contributed by atoms with Crippen molar-refractivity contribution in [3.63, 3.8) is 0 Å². The van der Waals surface area contributed by atoms with Crippen LogP contribution >= 0.6 is 0 Å². The van der Waals surface area contributed by atoms with Crippen LogP contribution in [-0.4, -0.2) is 56.3 Å². The van der Waals surface area contributed by atoms with Crippen LogP contribution < -0.4 is 10.6 Å². The minimum Gasteiger partial charge on any atom is -0.398 e. The third-order valence-corrected chi connectivity index (χ3v) is 5.26. The molecule has 3 N–H and O–H groups in total. The van der Waals surface area contributed by atoms with E-state index in [9.17, 15) is 0 Å². The number of aliphatic hydroxyl groups excluding tert-OH is 1. The molecule has 1 aliphatic rings. The van der Waals surface area contributed by atoms with Gasteiger partial charge in [0, 0.05) is 17.9 Å². The predicted molar refractivity (Wildman–Crippen MR) is 121 cm³/mol. The highest BCUT2D eigenvalue weighted by atomic mass is 16.8. The molecule has 1 heterocycles. The second-order valence-corrected chi connectivity index (χ2v) is 8.22. The molecule has 0 amide bonds. The van der Waals surface area contributed by atoms with Crippen molar-refractivity contribution in [1.82, 2.24) is 0 Å². The van der Waals surface area contributed by atoms with Gasteiger partial charge in [-0.25, -0.2) is 0 Å². The van der Waals surface area contributed by atoms with Gasteiger partial charge < -0.3 is 39.4 Å². The first kappa shape index (κ1) is 25.8. The maximum absolute atomic E-state index is 8.79. The van der Waals surface area contributed by atoms with Crippen molar-refractivity contribution in [2.45, 2.75) is 92.2 Å². The molecule has 0 aliphatic carbocycles. The number of aliphatic hydroxyl groups is 1. The summed E-state index contributed by atoms with van der Waals surface area (Å²) in [5.41, 5.74) is 10.7. The number of hydrogen-bond acceptors (Lipinski definition) is 8. The summed E-state index contributed by atoms with van der Waals surface area (Å²) in [6.45, 7) is 14.5. The number of anilines is 2. The lowest BCUT2D eigenvalue weighted by Crippen LogP contribution is -2.38. The highest BCUT2D eigenvalue weighted by Crippen LogP contribution is 2.36. The van der Waals surface area contributed by atoms with Crippen molar-refractivity contribution in [3.8, 4) is 0 Å². The number of rotatable bonds is 13. The van der Waals surface area contributed by atoms with Gasteiger partial charge in [0.2, 0.25) is 0 Å². The zero-order valence-corrected chi connectivity index (χ0v) is 20.0. The van der Waals surface area contributed by atoms with Gasteiger partial charge in [-0.15, -0.1) is 0 Å². The number of ether oxygens (including phenoxy) is 5. The van der Waals surface area contributed by atoms with Gasteiger partial charge in [0.15, 0.2) is 25.2 Å². The third kappa shape index (κ3) is 7.59. The molecule has 5 atom stereocenters. The number of nitrogens with two attached hydrogens (primary N) is 1. The van der Waals surface area contributed by atoms with E-state index in [0.29, 0.717) is 5.92 Å². The number of benzene rings is 1. The molecule has 0 spiro atoms. The van der Waals surface area contributed by atoms with E-state index in [1.807, 2.05) is 13.8 Å². The Hall–Kier alpha value is -1.42. The molecule has 0 saturated carbocycles. The Bertz CT molecular complexity index is 686. The summed E-state index contributed by atoms with van der Waals surface area (Å²) in [6.07, 6.45) is -1.22. The molecule has 178 valence electrons. The molecule has 5 unspecified atom stereocenters. The van der Waals surface area contributed by atoms with Crippen LogP contribution in [0.1, 0.15) is 65.5 Å². The smallest absolute Gasteiger partial charge is 0.161 e. The Kier molecular flexibility index (Phi) is 9.99. The number of fused-ring (bicyclic) bond motifs is 1. The summed E-state index contributed by atoms with van der Waals surface area (Å²) >= 11 is 0. The van der Waals surface area contributed by atoms with E-state index in [4.69, 9.17) is 34.5 Å². The minimum absolute atomic E-state index is 0.0524. The molecule has 0 fully saturated rings. The van der Waals surface area contributed by atoms with E-state index in [2.05, 4.69) is 30.9 Å². The van der Waals surface area contributed by atoms with Gasteiger partial charge in [-0.2, -0.15) is 0 Å². The molecule has 2 rings (SSSR count). The zero-order valence-electron chi connectivity index (χ0n) is 20.0. The fraction of sp³-hybridized carbons (Fsp3) is 0.739. The largest absolute Gasteiger partial charge is 0.398 e. The lowest BCUT2D eigenvalue weighted by atomic mass is 9.98. The fourth-order valence-corrected chi connectivity index (χ4v) is 3.89. The quantitative estimate of drug-likeness (QED) is 0.355. The van der Waals surface area contributed by atoms with E-state index in [1.54, 1.807) is 20.8 Å². The van der Waals surface area contributed by atoms with Gasteiger partial charge in [0.25, 0.3) is 0 Å². The van der Waals surface area contributed by atoms with Gasteiger partial charge in [-0.05, 0) is 70.2 Å². The van der Waals surface area contributed by atoms with E-state index in [1.165, 1.54) is 11.3 Å². The minimum atomic E-state index is -0.529. The molecular formula is C23H40N2O6. The molecule has 1 aliphatic heterocycles. The molecule has 0 aromatic heterocycles. The number of nitrogens with zero attached hydrogens (tertiary/aromatic N) is 1. The Labute approximate surface area is 186 Å². The zero-order chi connectivity index (χ0) is 23.1. The van der Waals surface area contributed by atoms with Crippen molar-refractivity contribution in [1.29, 1.82) is 0 Å². The van der Waals surface area contributed by atoms with Crippen LogP contribution in [0.25, 0.3) is 0 Å². The standard InChI is InChI=1S/C23H40N2O6/c1-14(2)21-13-23-20(12-22(21)24)8-9-25(23)15(3)28-17(5)30-19(7)31-18(6)29-16(4)27-11-10-26/h12-19,26H,8-11,24H2,1-7H3. The fourth-order valence-electron chi connectivity index (χ4n) is 3.89. The molecule has 8 nitrogen and oxygen atoms in total. The van der Waals surface area contributed by atoms with Crippen molar-refractivity contribution >= 4 is 11.4 Å². The lowest BCUT2D eigenvalue weighted by molar-refractivity contribution is -0.309. The van der Waals surface area contributed by atoms with Crippen molar-refractivity contribution in [3.05, 3.63) is 23.3 Å². The third-order valence-electron chi connectivity index (χ3n) is 5.26. The van der Waals surface area contributed by atoms with Crippen molar-refractivity contribution < 1.29 is 28.8 Å². The predicted octanol–water partition coefficient (Wildman–Crippen LogP) is 3.56. The van der Waals surface area contributed by atoms with Crippen LogP contribution in [0.5, 0.6) is 0 Å². The number of nitrogen functional groups attached to an aromatic ring is 1. The second kappa shape index (κ2) is 12.0. The van der Waals surface area contributed by atoms with E-state index >= 15 is 0 Å². The van der Waals surface area contributed by atoms with Gasteiger partial charge in [-0.3, -0.25) is 0 Å². The summed E-state index contributed by atoms with van der Waals surface area (Å²) in [5.74, 6) is 0.366. The summed E-state index contributed by atoms with van der Waals surface area (Å²) in [7, 11) is 0. The first-order valence-electron chi connectivity index (χ1n) is 11.2. The Morgan fingerprint density at radius 2 is 1.48 bits per heavy atom. The Morgan fingerprint density at radius 3 is 2.06 bits per heavy atom. The molecule has 1 aromatic rings. The number of hydrogen-bond donors (Lipinski definition) is 2. The SMILES string of the molecule is CC(OCCO)OC(C)OC(C)OC(C)OC(C)N1CCc2cc(N)c(C(C)C)cc21. The van der Waals surface area contributed by atoms with Crippen LogP contribution in [0.4, 0.5) is 11.4 Å². The normalized spacial score (nSPS) is 18.7. The first-order valence-corrected chi connectivity index (χ1v) is 11.2. The molecule has 31 heavy (non-hydrogen) atoms. The van der Waals surface area contributed by atoms with Gasteiger partial charge in [0.1, 0.15) is 6.23 Å². The Morgan fingerprint density at radius 1 is 0.903 bits per heavy atom. The van der Waals surface area contributed by atoms with Gasteiger partial charge in [-0.1, -0.05) is 13.8 Å². The summed E-state index contributed by atoms with van der Waals surface area (Å²) in [5, 5.41) is 8.79. The molecule has 0 bridgehead atoms. The monoisotopic (exact) mass is 440 g/mol. The maximum atomic E-state index is 8.79. The van der Waals surface area contributed by atoms with Crippen LogP contribution in [0.15, 0.2) is 12.1 Å². The first-order chi connectivity index (χ1) is 14.6. The van der Waals surface area contributed by atoms with Crippen LogP contribution in [-0.2, 0) is 30.1 Å². The molecule has 0 saturated heterocycles. The summed E-state index contributed by atoms with van der Waals surface area (Å²) in [4.78, 5) is 2.25. The van der Waals surface area contributed by atoms with E-state index in [-0.39, 0.29) is 19.4 Å². The van der Waals surface area contributed by atoms with Gasteiger partial charge in [0.05, 0.1) is 13.2 Å². The van der Waals surface area contributed by atoms with E-state index < -0.39 is 25.2 Å². The van der Waals surface area contributed by atoms with Crippen molar-refractivity contribution in [2.24, 2.45) is 0 Å². The Balaban J connectivity index is 1.85. The van der Waals surface area contributed by atoms with E-state index in [0.717, 1.165) is 24.2 Å². The average Bonchev–Trinajstić information content (AvgIpc) is 3.07. The topological polar surface area (TPSA) is 95.6 Å². The van der Waals surface area contributed by atoms with Crippen molar-refractivity contribution in [2.75, 3.05) is 30.4 Å². The summed E-state index contributed by atoms with van der Waals surface area (Å²) in [6, 6.07) is 4.29. The molecule has 0 radical (unpaired) electrons. The van der Waals surface area contributed by atoms with Gasteiger partial charge >= 0.3 is 0 Å².